The van der Waals surface area contributed by atoms with E-state index in [1.54, 1.807) is 0 Å². The van der Waals surface area contributed by atoms with Gasteiger partial charge in [0.15, 0.2) is 0 Å². The molecule has 178 valence electrons. The van der Waals surface area contributed by atoms with Crippen molar-refractivity contribution in [2.75, 3.05) is 6.61 Å². The summed E-state index contributed by atoms with van der Waals surface area (Å²) in [4.78, 5) is 0. The van der Waals surface area contributed by atoms with Gasteiger partial charge in [-0.15, -0.1) is 0 Å². The van der Waals surface area contributed by atoms with Crippen molar-refractivity contribution < 1.29 is 26.7 Å². The molecule has 0 aromatic carbocycles. The maximum atomic E-state index is 14.7. The Morgan fingerprint density at radius 3 is 1.90 bits per heavy atom. The molecule has 0 amide bonds. The molecule has 1 nitrogen and oxygen atoms in total. The topological polar surface area (TPSA) is 9.23 Å². The summed E-state index contributed by atoms with van der Waals surface area (Å²) < 4.78 is 72.7. The average molecular weight is 449 g/mol. The van der Waals surface area contributed by atoms with E-state index in [2.05, 4.69) is 0 Å². The number of hydrogen-bond acceptors (Lipinski definition) is 1. The van der Waals surface area contributed by atoms with Crippen LogP contribution >= 0.6 is 0 Å². The largest absolute Gasteiger partial charge is 0.389 e. The number of halogens is 5. The maximum absolute atomic E-state index is 14.7. The fourth-order valence-corrected chi connectivity index (χ4v) is 6.74. The Labute approximate surface area is 183 Å². The minimum Gasteiger partial charge on any atom is -0.377 e. The minimum absolute atomic E-state index is 0.125. The van der Waals surface area contributed by atoms with Gasteiger partial charge in [0.05, 0.1) is 12.7 Å². The van der Waals surface area contributed by atoms with E-state index < -0.39 is 35.1 Å². The molecule has 5 aliphatic carbocycles. The van der Waals surface area contributed by atoms with Crippen LogP contribution in [0.3, 0.4) is 0 Å². The Morgan fingerprint density at radius 1 is 0.806 bits per heavy atom. The lowest BCUT2D eigenvalue weighted by Crippen LogP contribution is -2.44. The van der Waals surface area contributed by atoms with Gasteiger partial charge < -0.3 is 4.74 Å². The molecule has 5 rings (SSSR count). The number of alkyl halides is 3. The lowest BCUT2D eigenvalue weighted by Gasteiger charge is -2.49. The van der Waals surface area contributed by atoms with Gasteiger partial charge in [-0.3, -0.25) is 0 Å². The normalized spacial score (nSPS) is 41.6. The summed E-state index contributed by atoms with van der Waals surface area (Å²) in [6.07, 6.45) is 6.52. The first-order valence-corrected chi connectivity index (χ1v) is 12.3. The van der Waals surface area contributed by atoms with E-state index in [1.807, 2.05) is 6.92 Å². The first kappa shape index (κ1) is 23.5. The molecule has 0 aliphatic heterocycles. The van der Waals surface area contributed by atoms with Crippen molar-refractivity contribution in [3.8, 4) is 0 Å². The minimum atomic E-state index is -4.03. The standard InChI is InChI=1S/C25H37F5O/c1-23-12-14-24(15-13-23,22(27)21(23)26)16-31-20-8-6-19(7-9-20)18-4-2-17(3-5-18)10-11-25(28,29)30/h17-20H,2-16H2,1H3. The van der Waals surface area contributed by atoms with Gasteiger partial charge >= 0.3 is 6.18 Å². The molecule has 2 bridgehead atoms. The first-order valence-electron chi connectivity index (χ1n) is 12.3. The summed E-state index contributed by atoms with van der Waals surface area (Å²) in [7, 11) is 0. The second-order valence-corrected chi connectivity index (χ2v) is 11.3. The Morgan fingerprint density at radius 2 is 1.35 bits per heavy atom. The van der Waals surface area contributed by atoms with Gasteiger partial charge in [-0.1, -0.05) is 19.8 Å². The molecule has 3 fully saturated rings. The zero-order valence-corrected chi connectivity index (χ0v) is 18.7. The van der Waals surface area contributed by atoms with E-state index >= 15 is 0 Å². The highest BCUT2D eigenvalue weighted by Gasteiger charge is 2.53. The first-order chi connectivity index (χ1) is 14.6. The zero-order chi connectivity index (χ0) is 22.3. The molecule has 0 atom stereocenters. The fraction of sp³-hybridized carbons (Fsp3) is 0.920. The van der Waals surface area contributed by atoms with Crippen LogP contribution in [0.25, 0.3) is 0 Å². The molecule has 3 saturated carbocycles. The third-order valence-electron chi connectivity index (χ3n) is 9.21. The van der Waals surface area contributed by atoms with E-state index in [4.69, 9.17) is 4.74 Å². The lowest BCUT2D eigenvalue weighted by atomic mass is 9.58. The van der Waals surface area contributed by atoms with Crippen LogP contribution in [0.4, 0.5) is 22.0 Å². The van der Waals surface area contributed by atoms with Crippen LogP contribution in [0.15, 0.2) is 11.7 Å². The quantitative estimate of drug-likeness (QED) is 0.370. The molecule has 0 saturated heterocycles. The molecule has 6 heteroatoms. The van der Waals surface area contributed by atoms with Crippen molar-refractivity contribution in [1.82, 2.24) is 0 Å². The van der Waals surface area contributed by atoms with Crippen molar-refractivity contribution in [3.63, 3.8) is 0 Å². The molecule has 0 N–H and O–H groups in total. The van der Waals surface area contributed by atoms with E-state index in [-0.39, 0.29) is 18.4 Å². The Kier molecular flexibility index (Phi) is 6.78. The predicted molar refractivity (Wildman–Crippen MR) is 111 cm³/mol. The fourth-order valence-electron chi connectivity index (χ4n) is 6.74. The molecule has 0 aromatic rings. The van der Waals surface area contributed by atoms with E-state index in [1.165, 1.54) is 0 Å². The molecule has 31 heavy (non-hydrogen) atoms. The van der Waals surface area contributed by atoms with Crippen molar-refractivity contribution >= 4 is 0 Å². The molecular formula is C25H37F5O. The predicted octanol–water partition coefficient (Wildman–Crippen LogP) is 8.44. The van der Waals surface area contributed by atoms with E-state index in [0.29, 0.717) is 44.1 Å². The average Bonchev–Trinajstić information content (AvgIpc) is 2.76. The van der Waals surface area contributed by atoms with Crippen molar-refractivity contribution in [3.05, 3.63) is 11.7 Å². The lowest BCUT2D eigenvalue weighted by molar-refractivity contribution is -0.138. The van der Waals surface area contributed by atoms with Gasteiger partial charge in [0.25, 0.3) is 0 Å². The third kappa shape index (κ3) is 5.14. The second-order valence-electron chi connectivity index (χ2n) is 11.3. The third-order valence-corrected chi connectivity index (χ3v) is 9.21. The summed E-state index contributed by atoms with van der Waals surface area (Å²) in [6.45, 7) is 2.12. The van der Waals surface area contributed by atoms with Crippen LogP contribution in [-0.2, 0) is 4.74 Å². The maximum Gasteiger partial charge on any atom is 0.389 e. The number of hydrogen-bond donors (Lipinski definition) is 0. The Balaban J connectivity index is 1.19. The molecular weight excluding hydrogens is 411 g/mol. The van der Waals surface area contributed by atoms with Crippen LogP contribution in [0.2, 0.25) is 0 Å². The smallest absolute Gasteiger partial charge is 0.377 e. The summed E-state index contributed by atoms with van der Waals surface area (Å²) >= 11 is 0. The Bertz CT molecular complexity index is 645. The summed E-state index contributed by atoms with van der Waals surface area (Å²) in [5.74, 6) is 0.408. The number of fused-ring (bicyclic) bond motifs is 2. The van der Waals surface area contributed by atoms with Gasteiger partial charge in [0.2, 0.25) is 0 Å². The van der Waals surface area contributed by atoms with Crippen LogP contribution in [0.5, 0.6) is 0 Å². The van der Waals surface area contributed by atoms with Gasteiger partial charge in [-0.05, 0) is 88.4 Å². The second kappa shape index (κ2) is 8.95. The van der Waals surface area contributed by atoms with E-state index in [0.717, 1.165) is 51.4 Å². The zero-order valence-electron chi connectivity index (χ0n) is 18.7. The Hall–Kier alpha value is -0.650. The summed E-state index contributed by atoms with van der Waals surface area (Å²) in [5.41, 5.74) is -1.34. The van der Waals surface area contributed by atoms with E-state index in [9.17, 15) is 22.0 Å². The molecule has 0 radical (unpaired) electrons. The van der Waals surface area contributed by atoms with Crippen LogP contribution in [-0.4, -0.2) is 18.9 Å². The molecule has 5 aliphatic rings. The van der Waals surface area contributed by atoms with Gasteiger partial charge in [0.1, 0.15) is 11.7 Å². The van der Waals surface area contributed by atoms with Crippen molar-refractivity contribution in [1.29, 1.82) is 0 Å². The highest BCUT2D eigenvalue weighted by Crippen LogP contribution is 2.60. The highest BCUT2D eigenvalue weighted by molar-refractivity contribution is 5.26. The van der Waals surface area contributed by atoms with Crippen LogP contribution < -0.4 is 0 Å². The van der Waals surface area contributed by atoms with Crippen molar-refractivity contribution in [2.24, 2.45) is 28.6 Å². The van der Waals surface area contributed by atoms with Crippen LogP contribution in [0.1, 0.15) is 96.8 Å². The number of rotatable bonds is 6. The molecule has 0 spiro atoms. The highest BCUT2D eigenvalue weighted by atomic mass is 19.4. The van der Waals surface area contributed by atoms with Gasteiger partial charge in [0, 0.05) is 17.3 Å². The van der Waals surface area contributed by atoms with Gasteiger partial charge in [-0.25, -0.2) is 8.78 Å². The van der Waals surface area contributed by atoms with Gasteiger partial charge in [-0.2, -0.15) is 13.2 Å². The number of allylic oxidation sites excluding steroid dienone is 1. The molecule has 0 unspecified atom stereocenters. The summed E-state index contributed by atoms with van der Waals surface area (Å²) in [5, 5.41) is 0. The SMILES string of the molecule is CC12CCC(COC3CCC(C4CCC(CCC(F)(F)F)CC4)CC3)(CC1)C(F)=C2F. The molecule has 0 heterocycles. The monoisotopic (exact) mass is 448 g/mol. The number of ether oxygens (including phenoxy) is 1. The summed E-state index contributed by atoms with van der Waals surface area (Å²) in [6, 6.07) is 0. The van der Waals surface area contributed by atoms with Crippen molar-refractivity contribution in [2.45, 2.75) is 109 Å². The van der Waals surface area contributed by atoms with Crippen LogP contribution in [0, 0.1) is 28.6 Å². The molecule has 0 aromatic heterocycles.